The first-order valence-electron chi connectivity index (χ1n) is 10.9. The summed E-state index contributed by atoms with van der Waals surface area (Å²) in [6.07, 6.45) is -1.45. The van der Waals surface area contributed by atoms with E-state index < -0.39 is 11.7 Å². The van der Waals surface area contributed by atoms with Gasteiger partial charge in [0, 0.05) is 41.3 Å². The van der Waals surface area contributed by atoms with Gasteiger partial charge in [-0.25, -0.2) is 4.98 Å². The molecule has 4 aromatic rings. The third-order valence-corrected chi connectivity index (χ3v) is 5.11. The lowest BCUT2D eigenvalue weighted by molar-refractivity contribution is -0.138. The molecule has 0 aliphatic carbocycles. The summed E-state index contributed by atoms with van der Waals surface area (Å²) < 4.78 is 47.9. The SMILES string of the molecule is Cc1c(C(F)(F)F)cc(Oc2ccccn2)nc1N(/C(=C\C=O)Nc1ccccc1)c1ccccc1. The van der Waals surface area contributed by atoms with Crippen LogP contribution in [0.4, 0.5) is 30.4 Å². The van der Waals surface area contributed by atoms with E-state index in [4.69, 9.17) is 4.74 Å². The first-order chi connectivity index (χ1) is 17.4. The molecule has 0 fully saturated rings. The summed E-state index contributed by atoms with van der Waals surface area (Å²) in [5, 5.41) is 3.11. The van der Waals surface area contributed by atoms with E-state index >= 15 is 0 Å². The second-order valence-corrected chi connectivity index (χ2v) is 7.57. The number of aromatic nitrogens is 2. The molecular weight excluding hydrogens is 469 g/mol. The molecule has 1 N–H and O–H groups in total. The van der Waals surface area contributed by atoms with Crippen molar-refractivity contribution >= 4 is 23.5 Å². The largest absolute Gasteiger partial charge is 0.421 e. The molecule has 0 aliphatic rings. The molecule has 2 heterocycles. The van der Waals surface area contributed by atoms with Gasteiger partial charge in [0.15, 0.2) is 0 Å². The van der Waals surface area contributed by atoms with E-state index in [9.17, 15) is 18.0 Å². The number of aldehydes is 1. The number of rotatable bonds is 8. The average Bonchev–Trinajstić information content (AvgIpc) is 2.87. The zero-order chi connectivity index (χ0) is 25.5. The van der Waals surface area contributed by atoms with E-state index in [2.05, 4.69) is 15.3 Å². The molecule has 0 spiro atoms. The van der Waals surface area contributed by atoms with Gasteiger partial charge in [-0.15, -0.1) is 0 Å². The van der Waals surface area contributed by atoms with Crippen molar-refractivity contribution in [3.8, 4) is 11.8 Å². The van der Waals surface area contributed by atoms with E-state index in [0.29, 0.717) is 17.7 Å². The summed E-state index contributed by atoms with van der Waals surface area (Å²) in [4.78, 5) is 21.5. The predicted molar refractivity (Wildman–Crippen MR) is 131 cm³/mol. The number of carbonyl (C=O) groups excluding carboxylic acids is 1. The molecule has 6 nitrogen and oxygen atoms in total. The Labute approximate surface area is 205 Å². The molecule has 0 unspecified atom stereocenters. The lowest BCUT2D eigenvalue weighted by Gasteiger charge is -2.29. The number of allylic oxidation sites excluding steroid dienone is 1. The Hall–Kier alpha value is -4.66. The molecule has 0 amide bonds. The number of hydrogen-bond donors (Lipinski definition) is 1. The number of benzene rings is 2. The highest BCUT2D eigenvalue weighted by molar-refractivity contribution is 5.77. The summed E-state index contributed by atoms with van der Waals surface area (Å²) in [6, 6.07) is 23.2. The van der Waals surface area contributed by atoms with Crippen LogP contribution in [-0.2, 0) is 11.0 Å². The molecular formula is C27H21F3N4O2. The van der Waals surface area contributed by atoms with Gasteiger partial charge < -0.3 is 10.1 Å². The Bertz CT molecular complexity index is 1350. The number of halogens is 3. The van der Waals surface area contributed by atoms with Crippen LogP contribution in [0.2, 0.25) is 0 Å². The van der Waals surface area contributed by atoms with E-state index in [0.717, 1.165) is 6.07 Å². The van der Waals surface area contributed by atoms with Crippen LogP contribution in [0.25, 0.3) is 0 Å². The van der Waals surface area contributed by atoms with Gasteiger partial charge in [0.05, 0.1) is 5.56 Å². The van der Waals surface area contributed by atoms with Gasteiger partial charge in [-0.3, -0.25) is 9.69 Å². The summed E-state index contributed by atoms with van der Waals surface area (Å²) in [5.74, 6) is -0.0856. The topological polar surface area (TPSA) is 67.4 Å². The standard InChI is InChI=1S/C27H21F3N4O2/c1-19-22(27(28,29)30)18-25(36-24-14-8-9-16-31-24)33-26(19)34(21-12-6-3-7-13-21)23(15-17-35)32-20-10-4-2-5-11-20/h2-18,32H,1H3/b23-15-. The van der Waals surface area contributed by atoms with Crippen LogP contribution in [0.3, 0.4) is 0 Å². The minimum absolute atomic E-state index is 0.0708. The second kappa shape index (κ2) is 10.7. The molecule has 2 aromatic carbocycles. The first kappa shape index (κ1) is 24.5. The maximum absolute atomic E-state index is 14.1. The number of nitrogens with zero attached hydrogens (tertiary/aromatic N) is 3. The van der Waals surface area contributed by atoms with Crippen molar-refractivity contribution in [3.05, 3.63) is 114 Å². The Morgan fingerprint density at radius 3 is 2.22 bits per heavy atom. The smallest absolute Gasteiger partial charge is 0.416 e. The van der Waals surface area contributed by atoms with Crippen molar-refractivity contribution in [1.82, 2.24) is 9.97 Å². The molecule has 9 heteroatoms. The van der Waals surface area contributed by atoms with E-state index in [-0.39, 0.29) is 29.0 Å². The highest BCUT2D eigenvalue weighted by Gasteiger charge is 2.36. The van der Waals surface area contributed by atoms with Crippen LogP contribution < -0.4 is 15.0 Å². The maximum atomic E-state index is 14.1. The second-order valence-electron chi connectivity index (χ2n) is 7.57. The van der Waals surface area contributed by atoms with Crippen molar-refractivity contribution < 1.29 is 22.7 Å². The van der Waals surface area contributed by atoms with Gasteiger partial charge in [-0.05, 0) is 37.3 Å². The highest BCUT2D eigenvalue weighted by Crippen LogP contribution is 2.41. The lowest BCUT2D eigenvalue weighted by Crippen LogP contribution is -2.25. The Morgan fingerprint density at radius 2 is 1.61 bits per heavy atom. The summed E-state index contributed by atoms with van der Waals surface area (Å²) >= 11 is 0. The van der Waals surface area contributed by atoms with Crippen LogP contribution in [0.5, 0.6) is 11.8 Å². The Balaban J connectivity index is 1.92. The van der Waals surface area contributed by atoms with Crippen LogP contribution >= 0.6 is 0 Å². The fourth-order valence-electron chi connectivity index (χ4n) is 3.51. The molecule has 0 aliphatic heterocycles. The zero-order valence-electron chi connectivity index (χ0n) is 19.1. The number of anilines is 3. The number of nitrogens with one attached hydrogen (secondary N) is 1. The Kier molecular flexibility index (Phi) is 7.29. The molecule has 0 saturated heterocycles. The number of hydrogen-bond acceptors (Lipinski definition) is 6. The van der Waals surface area contributed by atoms with Crippen molar-refractivity contribution in [2.45, 2.75) is 13.1 Å². The van der Waals surface area contributed by atoms with Crippen molar-refractivity contribution in [1.29, 1.82) is 0 Å². The first-order valence-corrected chi connectivity index (χ1v) is 10.9. The summed E-state index contributed by atoms with van der Waals surface area (Å²) in [7, 11) is 0. The molecule has 0 saturated carbocycles. The number of alkyl halides is 3. The van der Waals surface area contributed by atoms with Gasteiger partial charge in [-0.1, -0.05) is 42.5 Å². The Morgan fingerprint density at radius 1 is 0.944 bits per heavy atom. The molecule has 0 bridgehead atoms. The fourth-order valence-corrected chi connectivity index (χ4v) is 3.51. The number of pyridine rings is 2. The van der Waals surface area contributed by atoms with E-state index in [1.807, 2.05) is 6.07 Å². The molecule has 36 heavy (non-hydrogen) atoms. The molecule has 4 rings (SSSR count). The van der Waals surface area contributed by atoms with Gasteiger partial charge in [0.1, 0.15) is 17.9 Å². The quantitative estimate of drug-likeness (QED) is 0.214. The molecule has 0 atom stereocenters. The van der Waals surface area contributed by atoms with Crippen molar-refractivity contribution in [2.24, 2.45) is 0 Å². The third kappa shape index (κ3) is 5.69. The van der Waals surface area contributed by atoms with Crippen LogP contribution in [-0.4, -0.2) is 16.3 Å². The van der Waals surface area contributed by atoms with Gasteiger partial charge >= 0.3 is 6.18 Å². The molecule has 182 valence electrons. The van der Waals surface area contributed by atoms with Crippen LogP contribution in [0.1, 0.15) is 11.1 Å². The average molecular weight is 490 g/mol. The van der Waals surface area contributed by atoms with Crippen LogP contribution in [0, 0.1) is 6.92 Å². The summed E-state index contributed by atoms with van der Waals surface area (Å²) in [5.41, 5.74) is 0.0322. The van der Waals surface area contributed by atoms with Crippen molar-refractivity contribution in [3.63, 3.8) is 0 Å². The fraction of sp³-hybridized carbons (Fsp3) is 0.0741. The number of carbonyl (C=O) groups is 1. The van der Waals surface area contributed by atoms with Crippen molar-refractivity contribution in [2.75, 3.05) is 10.2 Å². The maximum Gasteiger partial charge on any atom is 0.416 e. The minimum Gasteiger partial charge on any atom is -0.421 e. The molecule has 2 aromatic heterocycles. The van der Waals surface area contributed by atoms with E-state index in [1.54, 1.807) is 66.7 Å². The van der Waals surface area contributed by atoms with Gasteiger partial charge in [0.2, 0.25) is 11.8 Å². The van der Waals surface area contributed by atoms with Crippen LogP contribution in [0.15, 0.2) is 103 Å². The highest BCUT2D eigenvalue weighted by atomic mass is 19.4. The van der Waals surface area contributed by atoms with Gasteiger partial charge in [0.25, 0.3) is 0 Å². The predicted octanol–water partition coefficient (Wildman–Crippen LogP) is 6.89. The summed E-state index contributed by atoms with van der Waals surface area (Å²) in [6.45, 7) is 1.33. The van der Waals surface area contributed by atoms with Gasteiger partial charge in [-0.2, -0.15) is 18.2 Å². The molecule has 0 radical (unpaired) electrons. The number of para-hydroxylation sites is 2. The lowest BCUT2D eigenvalue weighted by atomic mass is 10.1. The number of ether oxygens (including phenoxy) is 1. The third-order valence-electron chi connectivity index (χ3n) is 5.11. The van der Waals surface area contributed by atoms with E-state index in [1.165, 1.54) is 30.2 Å². The monoisotopic (exact) mass is 490 g/mol. The normalized spacial score (nSPS) is 11.6. The minimum atomic E-state index is -4.69. The zero-order valence-corrected chi connectivity index (χ0v) is 19.1.